The lowest BCUT2D eigenvalue weighted by molar-refractivity contribution is -0.00867. The number of ether oxygens (including phenoxy) is 2. The molecule has 0 radical (unpaired) electrons. The molecule has 3 rings (SSSR count). The SMILES string of the molecule is O=C(OCc1ccccc1)N(Cc1ccccc1)CC1(O)CCOC1. The normalized spacial score (nSPS) is 19.6. The zero-order chi connectivity index (χ0) is 17.5. The molecular formula is C20H23NO4. The van der Waals surface area contributed by atoms with Crippen LogP contribution in [0.2, 0.25) is 0 Å². The first kappa shape index (κ1) is 17.5. The molecule has 2 aromatic rings. The van der Waals surface area contributed by atoms with Crippen molar-refractivity contribution in [2.24, 2.45) is 0 Å². The molecule has 1 unspecified atom stereocenters. The molecule has 132 valence electrons. The van der Waals surface area contributed by atoms with Crippen molar-refractivity contribution in [2.75, 3.05) is 19.8 Å². The van der Waals surface area contributed by atoms with Crippen molar-refractivity contribution in [3.8, 4) is 0 Å². The Labute approximate surface area is 147 Å². The van der Waals surface area contributed by atoms with Gasteiger partial charge in [0, 0.05) is 19.6 Å². The molecule has 5 nitrogen and oxygen atoms in total. The molecule has 1 saturated heterocycles. The number of carbonyl (C=O) groups excluding carboxylic acids is 1. The minimum atomic E-state index is -1.01. The number of rotatable bonds is 6. The van der Waals surface area contributed by atoms with Gasteiger partial charge in [0.1, 0.15) is 12.2 Å². The third-order valence-corrected chi connectivity index (χ3v) is 4.25. The number of amides is 1. The molecule has 5 heteroatoms. The van der Waals surface area contributed by atoms with Crippen LogP contribution in [0.15, 0.2) is 60.7 Å². The molecule has 1 fully saturated rings. The van der Waals surface area contributed by atoms with Crippen LogP contribution in [-0.4, -0.2) is 41.5 Å². The van der Waals surface area contributed by atoms with Crippen LogP contribution < -0.4 is 0 Å². The molecule has 0 aliphatic carbocycles. The topological polar surface area (TPSA) is 59.0 Å². The number of aliphatic hydroxyl groups is 1. The fourth-order valence-electron chi connectivity index (χ4n) is 2.88. The van der Waals surface area contributed by atoms with Gasteiger partial charge in [-0.05, 0) is 11.1 Å². The molecule has 0 spiro atoms. The van der Waals surface area contributed by atoms with Crippen molar-refractivity contribution in [3.63, 3.8) is 0 Å². The van der Waals surface area contributed by atoms with E-state index in [-0.39, 0.29) is 19.8 Å². The maximum absolute atomic E-state index is 12.6. The average Bonchev–Trinajstić information content (AvgIpc) is 3.07. The molecule has 1 heterocycles. The van der Waals surface area contributed by atoms with Crippen molar-refractivity contribution in [3.05, 3.63) is 71.8 Å². The van der Waals surface area contributed by atoms with Crippen LogP contribution in [0.4, 0.5) is 4.79 Å². The number of benzene rings is 2. The summed E-state index contributed by atoms with van der Waals surface area (Å²) in [7, 11) is 0. The Kier molecular flexibility index (Phi) is 5.68. The van der Waals surface area contributed by atoms with Crippen molar-refractivity contribution >= 4 is 6.09 Å². The second-order valence-electron chi connectivity index (χ2n) is 6.41. The van der Waals surface area contributed by atoms with Crippen LogP contribution in [0.3, 0.4) is 0 Å². The Morgan fingerprint density at radius 1 is 1.08 bits per heavy atom. The summed E-state index contributed by atoms with van der Waals surface area (Å²) in [5, 5.41) is 10.6. The third-order valence-electron chi connectivity index (χ3n) is 4.25. The van der Waals surface area contributed by atoms with Gasteiger partial charge in [0.05, 0.1) is 13.2 Å². The Balaban J connectivity index is 1.67. The van der Waals surface area contributed by atoms with Crippen molar-refractivity contribution in [1.29, 1.82) is 0 Å². The fourth-order valence-corrected chi connectivity index (χ4v) is 2.88. The lowest BCUT2D eigenvalue weighted by Gasteiger charge is -2.30. The van der Waals surface area contributed by atoms with Gasteiger partial charge in [0.15, 0.2) is 0 Å². The lowest BCUT2D eigenvalue weighted by Crippen LogP contribution is -2.46. The Bertz CT molecular complexity index is 669. The number of hydrogen-bond donors (Lipinski definition) is 1. The van der Waals surface area contributed by atoms with Crippen molar-refractivity contribution < 1.29 is 19.4 Å². The Hall–Kier alpha value is -2.37. The smallest absolute Gasteiger partial charge is 0.410 e. The third kappa shape index (κ3) is 5.05. The lowest BCUT2D eigenvalue weighted by atomic mass is 10.0. The van der Waals surface area contributed by atoms with Gasteiger partial charge < -0.3 is 19.5 Å². The predicted octanol–water partition coefficient (Wildman–Crippen LogP) is 2.98. The minimum Gasteiger partial charge on any atom is -0.445 e. The molecule has 1 aliphatic rings. The van der Waals surface area contributed by atoms with E-state index in [1.54, 1.807) is 4.90 Å². The van der Waals surface area contributed by atoms with Gasteiger partial charge in [-0.15, -0.1) is 0 Å². The van der Waals surface area contributed by atoms with Gasteiger partial charge in [-0.1, -0.05) is 60.7 Å². The zero-order valence-corrected chi connectivity index (χ0v) is 14.1. The second-order valence-corrected chi connectivity index (χ2v) is 6.41. The van der Waals surface area contributed by atoms with Crippen LogP contribution >= 0.6 is 0 Å². The summed E-state index contributed by atoms with van der Waals surface area (Å²) < 4.78 is 10.7. The molecule has 1 atom stereocenters. The first-order chi connectivity index (χ1) is 12.1. The van der Waals surface area contributed by atoms with Gasteiger partial charge >= 0.3 is 6.09 Å². The summed E-state index contributed by atoms with van der Waals surface area (Å²) in [5.41, 5.74) is 0.903. The van der Waals surface area contributed by atoms with E-state index in [1.807, 2.05) is 60.7 Å². The standard InChI is InChI=1S/C20H23NO4/c22-19(25-14-18-9-5-2-6-10-18)21(13-17-7-3-1-4-8-17)15-20(23)11-12-24-16-20/h1-10,23H,11-16H2. The average molecular weight is 341 g/mol. The molecule has 1 amide bonds. The molecule has 0 bridgehead atoms. The van der Waals surface area contributed by atoms with Gasteiger partial charge in [-0.25, -0.2) is 4.79 Å². The first-order valence-corrected chi connectivity index (χ1v) is 8.44. The predicted molar refractivity (Wildman–Crippen MR) is 93.9 cm³/mol. The second kappa shape index (κ2) is 8.14. The van der Waals surface area contributed by atoms with Gasteiger partial charge in [0.2, 0.25) is 0 Å². The molecular weight excluding hydrogens is 318 g/mol. The highest BCUT2D eigenvalue weighted by Crippen LogP contribution is 2.21. The number of carbonyl (C=O) groups is 1. The Morgan fingerprint density at radius 2 is 1.72 bits per heavy atom. The van der Waals surface area contributed by atoms with E-state index < -0.39 is 11.7 Å². The van der Waals surface area contributed by atoms with E-state index in [0.717, 1.165) is 11.1 Å². The number of hydrogen-bond acceptors (Lipinski definition) is 4. The zero-order valence-electron chi connectivity index (χ0n) is 14.1. The highest BCUT2D eigenvalue weighted by atomic mass is 16.6. The molecule has 2 aromatic carbocycles. The van der Waals surface area contributed by atoms with Crippen LogP contribution in [0.1, 0.15) is 17.5 Å². The highest BCUT2D eigenvalue weighted by Gasteiger charge is 2.36. The molecule has 25 heavy (non-hydrogen) atoms. The van der Waals surface area contributed by atoms with Gasteiger partial charge in [-0.3, -0.25) is 0 Å². The van der Waals surface area contributed by atoms with Crippen LogP contribution in [0.25, 0.3) is 0 Å². The van der Waals surface area contributed by atoms with Crippen molar-refractivity contribution in [2.45, 2.75) is 25.2 Å². The largest absolute Gasteiger partial charge is 0.445 e. The first-order valence-electron chi connectivity index (χ1n) is 8.44. The van der Waals surface area contributed by atoms with E-state index in [2.05, 4.69) is 0 Å². The number of nitrogens with zero attached hydrogens (tertiary/aromatic N) is 1. The molecule has 1 N–H and O–H groups in total. The molecule has 0 saturated carbocycles. The summed E-state index contributed by atoms with van der Waals surface area (Å²) in [5.74, 6) is 0. The molecule has 1 aliphatic heterocycles. The van der Waals surface area contributed by atoms with Crippen molar-refractivity contribution in [1.82, 2.24) is 4.90 Å². The summed E-state index contributed by atoms with van der Waals surface area (Å²) in [6.45, 7) is 1.53. The van der Waals surface area contributed by atoms with E-state index in [0.29, 0.717) is 19.6 Å². The van der Waals surface area contributed by atoms with Crippen LogP contribution in [-0.2, 0) is 22.6 Å². The Morgan fingerprint density at radius 3 is 2.32 bits per heavy atom. The van der Waals surface area contributed by atoms with Crippen LogP contribution in [0, 0.1) is 0 Å². The summed E-state index contributed by atoms with van der Waals surface area (Å²) in [6, 6.07) is 19.2. The summed E-state index contributed by atoms with van der Waals surface area (Å²) in [6.07, 6.45) is 0.0811. The van der Waals surface area contributed by atoms with Gasteiger partial charge in [-0.2, -0.15) is 0 Å². The summed E-state index contributed by atoms with van der Waals surface area (Å²) in [4.78, 5) is 14.2. The fraction of sp³-hybridized carbons (Fsp3) is 0.350. The van der Waals surface area contributed by atoms with Crippen LogP contribution in [0.5, 0.6) is 0 Å². The summed E-state index contributed by atoms with van der Waals surface area (Å²) >= 11 is 0. The van der Waals surface area contributed by atoms with E-state index >= 15 is 0 Å². The van der Waals surface area contributed by atoms with Gasteiger partial charge in [0.25, 0.3) is 0 Å². The molecule has 0 aromatic heterocycles. The maximum Gasteiger partial charge on any atom is 0.410 e. The van der Waals surface area contributed by atoms with E-state index in [9.17, 15) is 9.90 Å². The quantitative estimate of drug-likeness (QED) is 0.877. The maximum atomic E-state index is 12.6. The van der Waals surface area contributed by atoms with E-state index in [1.165, 1.54) is 0 Å². The monoisotopic (exact) mass is 341 g/mol. The minimum absolute atomic E-state index is 0.190. The highest BCUT2D eigenvalue weighted by molar-refractivity contribution is 5.67. The van der Waals surface area contributed by atoms with E-state index in [4.69, 9.17) is 9.47 Å².